The van der Waals surface area contributed by atoms with Gasteiger partial charge < -0.3 is 14.8 Å². The molecule has 2 aromatic carbocycles. The molecule has 2 aliphatic heterocycles. The van der Waals surface area contributed by atoms with Crippen molar-refractivity contribution < 1.29 is 22.3 Å². The predicted octanol–water partition coefficient (Wildman–Crippen LogP) is 2.87. The van der Waals surface area contributed by atoms with Crippen molar-refractivity contribution in [3.05, 3.63) is 64.0 Å². The van der Waals surface area contributed by atoms with Crippen LogP contribution in [0, 0.1) is 22.6 Å². The number of nitrogens with one attached hydrogen (secondary N) is 1. The summed E-state index contributed by atoms with van der Waals surface area (Å²) >= 11 is 0. The standard InChI is InChI=1S/C28H31FN6O5S/c1-39-24-6-11-35(41(31,37)38)25(24)19-3-4-22(29)26(21(19)15-30)40-18-2-5-23-20(12-18)27(36)34(16-33-23)17-13-28(14-17)7-9-32-10-8-28/h2-5,12,16-17,24-25,32H,6-11,13-14H2,1H3,(H2,31,37,38). The Morgan fingerprint density at radius 2 is 1.98 bits per heavy atom. The second kappa shape index (κ2) is 10.5. The van der Waals surface area contributed by atoms with Crippen molar-refractivity contribution in [2.24, 2.45) is 10.6 Å². The highest BCUT2D eigenvalue weighted by Gasteiger charge is 2.46. The Balaban J connectivity index is 1.34. The van der Waals surface area contributed by atoms with E-state index in [1.807, 2.05) is 6.07 Å². The topological polar surface area (TPSA) is 153 Å². The van der Waals surface area contributed by atoms with E-state index in [9.17, 15) is 18.5 Å². The molecule has 216 valence electrons. The van der Waals surface area contributed by atoms with Crippen molar-refractivity contribution in [1.82, 2.24) is 19.2 Å². The normalized spacial score (nSPS) is 23.0. The van der Waals surface area contributed by atoms with Crippen LogP contribution in [0.5, 0.6) is 11.5 Å². The number of methoxy groups -OCH3 is 1. The lowest BCUT2D eigenvalue weighted by atomic mass is 9.60. The molecule has 3 N–H and O–H groups in total. The number of hydrogen-bond acceptors (Lipinski definition) is 8. The fourth-order valence-corrected chi connectivity index (χ4v) is 7.64. The van der Waals surface area contributed by atoms with E-state index in [4.69, 9.17) is 14.6 Å². The highest BCUT2D eigenvalue weighted by molar-refractivity contribution is 7.86. The van der Waals surface area contributed by atoms with Crippen molar-refractivity contribution in [3.8, 4) is 17.6 Å². The van der Waals surface area contributed by atoms with Gasteiger partial charge in [0.15, 0.2) is 11.6 Å². The van der Waals surface area contributed by atoms with Gasteiger partial charge in [0, 0.05) is 19.7 Å². The SMILES string of the molecule is COC1CCN(S(N)(=O)=O)C1c1ccc(F)c(Oc2ccc3ncn(C4CC5(CCNCC5)C4)c(=O)c3c2)c1C#N. The van der Waals surface area contributed by atoms with Gasteiger partial charge in [0.2, 0.25) is 0 Å². The van der Waals surface area contributed by atoms with Gasteiger partial charge in [-0.15, -0.1) is 0 Å². The third kappa shape index (κ3) is 4.89. The Kier molecular flexibility index (Phi) is 7.07. The lowest BCUT2D eigenvalue weighted by Crippen LogP contribution is -2.47. The van der Waals surface area contributed by atoms with Crippen molar-refractivity contribution in [2.45, 2.75) is 50.3 Å². The second-order valence-electron chi connectivity index (χ2n) is 11.2. The molecule has 11 nitrogen and oxygen atoms in total. The highest BCUT2D eigenvalue weighted by Crippen LogP contribution is 2.53. The Bertz CT molecular complexity index is 1710. The minimum Gasteiger partial charge on any atom is -0.453 e. The molecule has 2 unspecified atom stereocenters. The quantitative estimate of drug-likeness (QED) is 0.450. The van der Waals surface area contributed by atoms with Gasteiger partial charge in [-0.2, -0.15) is 18.0 Å². The summed E-state index contributed by atoms with van der Waals surface area (Å²) in [7, 11) is -2.70. The molecule has 1 saturated carbocycles. The number of rotatable bonds is 6. The molecule has 1 aromatic heterocycles. The first-order valence-corrected chi connectivity index (χ1v) is 15.1. The fraction of sp³-hybridized carbons (Fsp3) is 0.464. The Hall–Kier alpha value is -3.41. The summed E-state index contributed by atoms with van der Waals surface area (Å²) in [6.07, 6.45) is 5.40. The van der Waals surface area contributed by atoms with Gasteiger partial charge in [0.1, 0.15) is 17.4 Å². The van der Waals surface area contributed by atoms with Crippen molar-refractivity contribution in [3.63, 3.8) is 0 Å². The molecule has 0 bridgehead atoms. The number of benzene rings is 2. The predicted molar refractivity (Wildman–Crippen MR) is 148 cm³/mol. The first-order chi connectivity index (χ1) is 19.6. The van der Waals surface area contributed by atoms with Crippen LogP contribution < -0.4 is 20.8 Å². The molecule has 3 fully saturated rings. The molecular weight excluding hydrogens is 551 g/mol. The number of nitrogens with zero attached hydrogens (tertiary/aromatic N) is 4. The van der Waals surface area contributed by atoms with E-state index in [0.717, 1.165) is 49.1 Å². The molecule has 0 amide bonds. The van der Waals surface area contributed by atoms with Gasteiger partial charge in [-0.1, -0.05) is 6.07 Å². The number of aromatic nitrogens is 2. The smallest absolute Gasteiger partial charge is 0.277 e. The van der Waals surface area contributed by atoms with Crippen LogP contribution in [0.15, 0.2) is 41.5 Å². The maximum Gasteiger partial charge on any atom is 0.277 e. The van der Waals surface area contributed by atoms with Crippen LogP contribution in [-0.4, -0.2) is 55.1 Å². The molecule has 2 saturated heterocycles. The molecule has 1 aliphatic carbocycles. The zero-order valence-corrected chi connectivity index (χ0v) is 23.4. The summed E-state index contributed by atoms with van der Waals surface area (Å²) in [6.45, 7) is 2.07. The summed E-state index contributed by atoms with van der Waals surface area (Å²) in [5.41, 5.74) is 0.580. The zero-order chi connectivity index (χ0) is 28.9. The van der Waals surface area contributed by atoms with Crippen LogP contribution in [0.4, 0.5) is 4.39 Å². The second-order valence-corrected chi connectivity index (χ2v) is 12.7. The number of piperidine rings is 1. The summed E-state index contributed by atoms with van der Waals surface area (Å²) in [4.78, 5) is 18.0. The summed E-state index contributed by atoms with van der Waals surface area (Å²) in [6, 6.07) is 8.21. The van der Waals surface area contributed by atoms with Crippen molar-refractivity contribution in [2.75, 3.05) is 26.7 Å². The van der Waals surface area contributed by atoms with E-state index in [1.54, 1.807) is 23.0 Å². The number of hydrogen-bond donors (Lipinski definition) is 2. The summed E-state index contributed by atoms with van der Waals surface area (Å²) < 4.78 is 53.8. The van der Waals surface area contributed by atoms with Gasteiger partial charge in [0.05, 0.1) is 29.4 Å². The van der Waals surface area contributed by atoms with E-state index >= 15 is 4.39 Å². The minimum absolute atomic E-state index is 0.0725. The molecule has 6 rings (SSSR count). The lowest BCUT2D eigenvalue weighted by Gasteiger charge is -2.50. The number of nitrogens with two attached hydrogens (primary N) is 1. The van der Waals surface area contributed by atoms with Crippen molar-refractivity contribution in [1.29, 1.82) is 5.26 Å². The van der Waals surface area contributed by atoms with Crippen LogP contribution >= 0.6 is 0 Å². The van der Waals surface area contributed by atoms with E-state index in [0.29, 0.717) is 17.3 Å². The fourth-order valence-electron chi connectivity index (χ4n) is 6.72. The number of ether oxygens (including phenoxy) is 2. The lowest BCUT2D eigenvalue weighted by molar-refractivity contribution is 0.0270. The molecule has 3 aliphatic rings. The zero-order valence-electron chi connectivity index (χ0n) is 22.5. The third-order valence-corrected chi connectivity index (χ3v) is 9.93. The van der Waals surface area contributed by atoms with Gasteiger partial charge in [-0.05, 0) is 80.4 Å². The van der Waals surface area contributed by atoms with E-state index in [1.165, 1.54) is 19.2 Å². The monoisotopic (exact) mass is 582 g/mol. The van der Waals surface area contributed by atoms with Gasteiger partial charge in [0.25, 0.3) is 15.8 Å². The maximum absolute atomic E-state index is 15.1. The maximum atomic E-state index is 15.1. The van der Waals surface area contributed by atoms with Crippen molar-refractivity contribution >= 4 is 21.1 Å². The molecule has 2 atom stereocenters. The van der Waals surface area contributed by atoms with Gasteiger partial charge in [-0.3, -0.25) is 9.36 Å². The van der Waals surface area contributed by atoms with Gasteiger partial charge >= 0.3 is 0 Å². The summed E-state index contributed by atoms with van der Waals surface area (Å²) in [5.74, 6) is -1.05. The number of nitriles is 1. The molecule has 3 aromatic rings. The average Bonchev–Trinajstić information content (AvgIpc) is 3.39. The first kappa shape index (κ1) is 27.7. The van der Waals surface area contributed by atoms with Crippen LogP contribution in [0.3, 0.4) is 0 Å². The number of halogens is 1. The molecule has 0 radical (unpaired) electrons. The number of fused-ring (bicyclic) bond motifs is 1. The Morgan fingerprint density at radius 1 is 1.22 bits per heavy atom. The largest absolute Gasteiger partial charge is 0.453 e. The van der Waals surface area contributed by atoms with Gasteiger partial charge in [-0.25, -0.2) is 14.5 Å². The Labute approximate surface area is 236 Å². The molecular formula is C28H31FN6O5S. The Morgan fingerprint density at radius 3 is 2.66 bits per heavy atom. The summed E-state index contributed by atoms with van der Waals surface area (Å²) in [5, 5.41) is 19.2. The average molecular weight is 583 g/mol. The molecule has 13 heteroatoms. The van der Waals surface area contributed by atoms with E-state index < -0.39 is 28.2 Å². The van der Waals surface area contributed by atoms with E-state index in [-0.39, 0.29) is 46.2 Å². The molecule has 1 spiro atoms. The van der Waals surface area contributed by atoms with Crippen LogP contribution in [-0.2, 0) is 14.9 Å². The molecule has 41 heavy (non-hydrogen) atoms. The minimum atomic E-state index is -4.13. The molecule has 3 heterocycles. The highest BCUT2D eigenvalue weighted by atomic mass is 32.2. The van der Waals surface area contributed by atoms with Crippen LogP contribution in [0.2, 0.25) is 0 Å². The third-order valence-electron chi connectivity index (χ3n) is 8.87. The van der Waals surface area contributed by atoms with Crippen LogP contribution in [0.1, 0.15) is 55.3 Å². The van der Waals surface area contributed by atoms with E-state index in [2.05, 4.69) is 10.3 Å². The van der Waals surface area contributed by atoms with Crippen LogP contribution in [0.25, 0.3) is 10.9 Å². The first-order valence-electron chi connectivity index (χ1n) is 13.6.